The quantitative estimate of drug-likeness (QED) is 0.769. The molecule has 4 nitrogen and oxygen atoms in total. The van der Waals surface area contributed by atoms with E-state index in [-0.39, 0.29) is 17.6 Å². The monoisotopic (exact) mass is 229 g/mol. The molecule has 1 saturated heterocycles. The normalized spacial score (nSPS) is 18.5. The zero-order valence-electron chi connectivity index (χ0n) is 8.15. The van der Waals surface area contributed by atoms with E-state index >= 15 is 0 Å². The summed E-state index contributed by atoms with van der Waals surface area (Å²) in [6.45, 7) is 1.36. The van der Waals surface area contributed by atoms with Gasteiger partial charge in [0.1, 0.15) is 5.15 Å². The summed E-state index contributed by atoms with van der Waals surface area (Å²) in [7, 11) is 0. The first kappa shape index (κ1) is 10.7. The Bertz CT molecular complexity index is 406. The first-order valence-electron chi connectivity index (χ1n) is 4.71. The van der Waals surface area contributed by atoms with Crippen molar-refractivity contribution in [2.45, 2.75) is 6.54 Å². The van der Waals surface area contributed by atoms with Gasteiger partial charge in [-0.15, -0.1) is 0 Å². The second-order valence-electron chi connectivity index (χ2n) is 3.92. The number of halogens is 1. The van der Waals surface area contributed by atoms with Gasteiger partial charge in [0.2, 0.25) is 0 Å². The molecule has 1 aromatic rings. The summed E-state index contributed by atoms with van der Waals surface area (Å²) < 4.78 is 6.52. The van der Waals surface area contributed by atoms with Gasteiger partial charge in [0.15, 0.2) is 0 Å². The van der Waals surface area contributed by atoms with Crippen LogP contribution < -0.4 is 5.56 Å². The van der Waals surface area contributed by atoms with Crippen molar-refractivity contribution >= 4 is 11.6 Å². The predicted octanol–water partition coefficient (Wildman–Crippen LogP) is 0.511. The van der Waals surface area contributed by atoms with Gasteiger partial charge >= 0.3 is 0 Å². The Morgan fingerprint density at radius 2 is 2.27 bits per heavy atom. The average Bonchev–Trinajstić information content (AvgIpc) is 2.15. The van der Waals surface area contributed by atoms with Crippen LogP contribution in [0.5, 0.6) is 0 Å². The van der Waals surface area contributed by atoms with E-state index < -0.39 is 0 Å². The van der Waals surface area contributed by atoms with E-state index in [0.717, 1.165) is 0 Å². The van der Waals surface area contributed by atoms with Crippen LogP contribution in [0.4, 0.5) is 0 Å². The minimum Gasteiger partial charge on any atom is -0.396 e. The van der Waals surface area contributed by atoms with Crippen LogP contribution in [0.1, 0.15) is 0 Å². The maximum atomic E-state index is 11.5. The molecule has 0 aromatic carbocycles. The van der Waals surface area contributed by atoms with Crippen LogP contribution in [0.3, 0.4) is 0 Å². The Hall–Kier alpha value is -0.840. The number of pyridine rings is 1. The number of aliphatic hydroxyl groups excluding tert-OH is 1. The fourth-order valence-electron chi connectivity index (χ4n) is 1.61. The maximum Gasteiger partial charge on any atom is 0.251 e. The SMILES string of the molecule is O=c1cccc(Cl)n1CC1(CO)COC1. The lowest BCUT2D eigenvalue weighted by atomic mass is 9.87. The van der Waals surface area contributed by atoms with E-state index in [0.29, 0.717) is 24.9 Å². The molecule has 15 heavy (non-hydrogen) atoms. The Morgan fingerprint density at radius 1 is 1.53 bits per heavy atom. The largest absolute Gasteiger partial charge is 0.396 e. The van der Waals surface area contributed by atoms with Crippen molar-refractivity contribution in [3.05, 3.63) is 33.7 Å². The predicted molar refractivity (Wildman–Crippen MR) is 56.0 cm³/mol. The fourth-order valence-corrected chi connectivity index (χ4v) is 1.82. The topological polar surface area (TPSA) is 51.5 Å². The molecule has 1 aromatic heterocycles. The summed E-state index contributed by atoms with van der Waals surface area (Å²) in [6, 6.07) is 4.73. The van der Waals surface area contributed by atoms with Crippen LogP contribution in [0.25, 0.3) is 0 Å². The van der Waals surface area contributed by atoms with E-state index in [1.807, 2.05) is 0 Å². The third-order valence-electron chi connectivity index (χ3n) is 2.64. The molecule has 2 heterocycles. The summed E-state index contributed by atoms with van der Waals surface area (Å²) >= 11 is 5.91. The lowest BCUT2D eigenvalue weighted by Gasteiger charge is -2.40. The molecule has 0 aliphatic carbocycles. The van der Waals surface area contributed by atoms with E-state index in [4.69, 9.17) is 16.3 Å². The number of rotatable bonds is 3. The number of nitrogens with zero attached hydrogens (tertiary/aromatic N) is 1. The summed E-state index contributed by atoms with van der Waals surface area (Å²) in [4.78, 5) is 11.5. The van der Waals surface area contributed by atoms with Gasteiger partial charge in [-0.1, -0.05) is 17.7 Å². The molecule has 2 rings (SSSR count). The Morgan fingerprint density at radius 3 is 2.73 bits per heavy atom. The molecule has 82 valence electrons. The van der Waals surface area contributed by atoms with Gasteiger partial charge in [-0.05, 0) is 6.07 Å². The molecule has 0 atom stereocenters. The first-order chi connectivity index (χ1) is 7.17. The van der Waals surface area contributed by atoms with Crippen molar-refractivity contribution in [3.63, 3.8) is 0 Å². The zero-order chi connectivity index (χ0) is 10.9. The van der Waals surface area contributed by atoms with E-state index in [1.54, 1.807) is 12.1 Å². The molecule has 0 spiro atoms. The smallest absolute Gasteiger partial charge is 0.251 e. The van der Waals surface area contributed by atoms with Crippen molar-refractivity contribution in [3.8, 4) is 0 Å². The third kappa shape index (κ3) is 1.93. The fraction of sp³-hybridized carbons (Fsp3) is 0.500. The summed E-state index contributed by atoms with van der Waals surface area (Å²) in [5.41, 5.74) is -0.489. The molecule has 0 bridgehead atoms. The van der Waals surface area contributed by atoms with Gasteiger partial charge in [-0.25, -0.2) is 0 Å². The van der Waals surface area contributed by atoms with Gasteiger partial charge in [0.05, 0.1) is 25.2 Å². The molecule has 5 heteroatoms. The molecule has 1 aliphatic heterocycles. The minimum atomic E-state index is -0.338. The van der Waals surface area contributed by atoms with Crippen LogP contribution in [0.15, 0.2) is 23.0 Å². The number of ether oxygens (including phenoxy) is 1. The molecule has 1 N–H and O–H groups in total. The molecular formula is C10H12ClNO3. The Balaban J connectivity index is 2.27. The summed E-state index contributed by atoms with van der Waals surface area (Å²) in [6.07, 6.45) is 0. The van der Waals surface area contributed by atoms with E-state index in [9.17, 15) is 9.90 Å². The average molecular weight is 230 g/mol. The summed E-state index contributed by atoms with van der Waals surface area (Å²) in [5, 5.41) is 9.63. The maximum absolute atomic E-state index is 11.5. The number of aliphatic hydroxyl groups is 1. The van der Waals surface area contributed by atoms with Crippen molar-refractivity contribution < 1.29 is 9.84 Å². The van der Waals surface area contributed by atoms with E-state index in [1.165, 1.54) is 10.6 Å². The highest BCUT2D eigenvalue weighted by molar-refractivity contribution is 6.29. The van der Waals surface area contributed by atoms with Crippen molar-refractivity contribution in [2.24, 2.45) is 5.41 Å². The van der Waals surface area contributed by atoms with Gasteiger partial charge < -0.3 is 9.84 Å². The highest BCUT2D eigenvalue weighted by Crippen LogP contribution is 2.29. The number of hydrogen-bond acceptors (Lipinski definition) is 3. The number of hydrogen-bond donors (Lipinski definition) is 1. The molecular weight excluding hydrogens is 218 g/mol. The zero-order valence-corrected chi connectivity index (χ0v) is 8.91. The highest BCUT2D eigenvalue weighted by atomic mass is 35.5. The van der Waals surface area contributed by atoms with Crippen LogP contribution in [0.2, 0.25) is 5.15 Å². The van der Waals surface area contributed by atoms with Crippen molar-refractivity contribution in [1.29, 1.82) is 0 Å². The first-order valence-corrected chi connectivity index (χ1v) is 5.09. The van der Waals surface area contributed by atoms with Crippen LogP contribution in [-0.4, -0.2) is 29.5 Å². The number of aromatic nitrogens is 1. The lowest BCUT2D eigenvalue weighted by molar-refractivity contribution is -0.145. The molecule has 0 saturated carbocycles. The van der Waals surface area contributed by atoms with Gasteiger partial charge in [-0.2, -0.15) is 0 Å². The summed E-state index contributed by atoms with van der Waals surface area (Å²) in [5.74, 6) is 0. The second-order valence-corrected chi connectivity index (χ2v) is 4.31. The molecule has 1 aliphatic rings. The Labute approximate surface area is 92.1 Å². The molecule has 0 unspecified atom stereocenters. The molecule has 0 radical (unpaired) electrons. The van der Waals surface area contributed by atoms with Crippen LogP contribution in [-0.2, 0) is 11.3 Å². The second kappa shape index (κ2) is 3.96. The standard InChI is InChI=1S/C10H12ClNO3/c11-8-2-1-3-9(14)12(8)4-10(5-13)6-15-7-10/h1-3,13H,4-7H2. The Kier molecular flexibility index (Phi) is 2.82. The van der Waals surface area contributed by atoms with Gasteiger partial charge in [0.25, 0.3) is 5.56 Å². The highest BCUT2D eigenvalue weighted by Gasteiger charge is 2.38. The van der Waals surface area contributed by atoms with Gasteiger partial charge in [-0.3, -0.25) is 9.36 Å². The van der Waals surface area contributed by atoms with Gasteiger partial charge in [0, 0.05) is 12.6 Å². The lowest BCUT2D eigenvalue weighted by Crippen LogP contribution is -2.50. The van der Waals surface area contributed by atoms with E-state index in [2.05, 4.69) is 0 Å². The molecule has 1 fully saturated rings. The minimum absolute atomic E-state index is 0.00463. The van der Waals surface area contributed by atoms with Crippen molar-refractivity contribution in [2.75, 3.05) is 19.8 Å². The van der Waals surface area contributed by atoms with Crippen LogP contribution >= 0.6 is 11.6 Å². The third-order valence-corrected chi connectivity index (χ3v) is 2.97. The van der Waals surface area contributed by atoms with Crippen molar-refractivity contribution in [1.82, 2.24) is 4.57 Å². The molecule has 0 amide bonds. The van der Waals surface area contributed by atoms with Crippen LogP contribution in [0, 0.1) is 5.41 Å².